The van der Waals surface area contributed by atoms with E-state index in [0.29, 0.717) is 5.92 Å². The highest BCUT2D eigenvalue weighted by Gasteiger charge is 2.44. The number of nitrogens with one attached hydrogen (secondary N) is 1. The lowest BCUT2D eigenvalue weighted by Gasteiger charge is -2.29. The van der Waals surface area contributed by atoms with Gasteiger partial charge in [0.2, 0.25) is 0 Å². The van der Waals surface area contributed by atoms with Crippen LogP contribution in [0.3, 0.4) is 0 Å². The lowest BCUT2D eigenvalue weighted by atomic mass is 9.99. The number of anilines is 1. The number of likely N-dealkylation sites (tertiary alicyclic amines) is 1. The molecule has 2 atom stereocenters. The Balaban J connectivity index is 1.27. The first-order chi connectivity index (χ1) is 14.7. The topological polar surface area (TPSA) is 49.6 Å². The van der Waals surface area contributed by atoms with E-state index in [1.807, 2.05) is 46.0 Å². The first-order valence-electron chi connectivity index (χ1n) is 10.4. The number of fused-ring (bicyclic) bond motifs is 6. The molecule has 2 aliphatic rings. The number of aromatic nitrogens is 2. The number of carbonyl (C=O) groups is 1. The van der Waals surface area contributed by atoms with Gasteiger partial charge in [-0.15, -0.1) is 0 Å². The fourth-order valence-corrected chi connectivity index (χ4v) is 5.03. The van der Waals surface area contributed by atoms with Gasteiger partial charge < -0.3 is 14.6 Å². The van der Waals surface area contributed by atoms with E-state index < -0.39 is 0 Å². The van der Waals surface area contributed by atoms with Crippen LogP contribution in [0.15, 0.2) is 73.2 Å². The molecule has 6 rings (SSSR count). The molecule has 30 heavy (non-hydrogen) atoms. The van der Waals surface area contributed by atoms with E-state index >= 15 is 0 Å². The van der Waals surface area contributed by atoms with Crippen LogP contribution in [0.4, 0.5) is 10.5 Å². The molecular formula is C25H22N4O. The Labute approximate surface area is 175 Å². The van der Waals surface area contributed by atoms with E-state index in [0.717, 1.165) is 41.0 Å². The Kier molecular flexibility index (Phi) is 3.72. The molecule has 2 aromatic heterocycles. The van der Waals surface area contributed by atoms with Gasteiger partial charge in [0, 0.05) is 42.3 Å². The molecule has 2 amide bonds. The lowest BCUT2D eigenvalue weighted by Crippen LogP contribution is -2.36. The molecule has 0 radical (unpaired) electrons. The SMILES string of the molecule is Cc1ccc(NC(=O)N2C[C@H]3C[C@@H]2c2ccccc23)cc1-c1cnc2cccn2c1. The van der Waals surface area contributed by atoms with Gasteiger partial charge >= 0.3 is 6.03 Å². The highest BCUT2D eigenvalue weighted by molar-refractivity contribution is 5.91. The van der Waals surface area contributed by atoms with Crippen LogP contribution < -0.4 is 5.32 Å². The molecular weight excluding hydrogens is 372 g/mol. The van der Waals surface area contributed by atoms with Crippen molar-refractivity contribution in [3.63, 3.8) is 0 Å². The maximum Gasteiger partial charge on any atom is 0.322 e. The van der Waals surface area contributed by atoms with Crippen LogP contribution in [0.25, 0.3) is 16.8 Å². The average Bonchev–Trinajstić information content (AvgIpc) is 3.49. The summed E-state index contributed by atoms with van der Waals surface area (Å²) in [5.74, 6) is 0.463. The number of carbonyl (C=O) groups excluding carboxylic acids is 1. The summed E-state index contributed by atoms with van der Waals surface area (Å²) in [6, 6.07) is 18.7. The van der Waals surface area contributed by atoms with E-state index in [2.05, 4.69) is 53.8 Å². The van der Waals surface area contributed by atoms with Crippen LogP contribution in [-0.2, 0) is 0 Å². The smallest absolute Gasteiger partial charge is 0.317 e. The van der Waals surface area contributed by atoms with Crippen LogP contribution >= 0.6 is 0 Å². The highest BCUT2D eigenvalue weighted by Crippen LogP contribution is 2.50. The maximum atomic E-state index is 13.1. The fraction of sp³-hybridized carbons (Fsp3) is 0.200. The van der Waals surface area contributed by atoms with Gasteiger partial charge in [-0.25, -0.2) is 9.78 Å². The molecule has 4 aromatic rings. The molecule has 0 saturated carbocycles. The largest absolute Gasteiger partial charge is 0.322 e. The summed E-state index contributed by atoms with van der Waals surface area (Å²) in [5.41, 5.74) is 7.70. The molecule has 5 heteroatoms. The number of hydrogen-bond acceptors (Lipinski definition) is 2. The van der Waals surface area contributed by atoms with Crippen molar-refractivity contribution in [2.75, 3.05) is 11.9 Å². The summed E-state index contributed by atoms with van der Waals surface area (Å²) in [6.45, 7) is 2.87. The van der Waals surface area contributed by atoms with Crippen molar-refractivity contribution in [2.45, 2.75) is 25.3 Å². The van der Waals surface area contributed by atoms with Gasteiger partial charge in [0.05, 0.1) is 6.04 Å². The standard InChI is InChI=1S/C25H22N4O/c1-16-8-9-19(12-22(16)18-13-26-24-7-4-10-28(24)14-18)27-25(30)29-15-17-11-23(29)21-6-3-2-5-20(17)21/h2-10,12-14,17,23H,11,15H2,1H3,(H,27,30)/t17-,23-/m1/s1. The van der Waals surface area contributed by atoms with Crippen molar-refractivity contribution < 1.29 is 4.79 Å². The monoisotopic (exact) mass is 394 g/mol. The summed E-state index contributed by atoms with van der Waals surface area (Å²) < 4.78 is 2.01. The first kappa shape index (κ1) is 17.3. The van der Waals surface area contributed by atoms with Gasteiger partial charge in [0.15, 0.2) is 0 Å². The Hall–Kier alpha value is -3.60. The third kappa shape index (κ3) is 2.62. The minimum Gasteiger partial charge on any atom is -0.317 e. The Morgan fingerprint density at radius 1 is 1.10 bits per heavy atom. The van der Waals surface area contributed by atoms with Crippen molar-refractivity contribution >= 4 is 17.4 Å². The molecule has 1 aliphatic carbocycles. The molecule has 3 heterocycles. The van der Waals surface area contributed by atoms with Gasteiger partial charge in [-0.2, -0.15) is 0 Å². The molecule has 1 fully saturated rings. The normalized spacial score (nSPS) is 19.3. The molecule has 1 aliphatic heterocycles. The van der Waals surface area contributed by atoms with Gasteiger partial charge in [-0.3, -0.25) is 0 Å². The van der Waals surface area contributed by atoms with Crippen molar-refractivity contribution in [1.29, 1.82) is 0 Å². The number of hydrogen-bond donors (Lipinski definition) is 1. The second-order valence-corrected chi connectivity index (χ2v) is 8.31. The van der Waals surface area contributed by atoms with E-state index in [1.165, 1.54) is 11.1 Å². The summed E-state index contributed by atoms with van der Waals surface area (Å²) in [4.78, 5) is 19.6. The number of benzene rings is 2. The number of rotatable bonds is 2. The molecule has 0 unspecified atom stereocenters. The first-order valence-corrected chi connectivity index (χ1v) is 10.4. The Morgan fingerprint density at radius 3 is 2.87 bits per heavy atom. The second-order valence-electron chi connectivity index (χ2n) is 8.31. The van der Waals surface area contributed by atoms with Gasteiger partial charge in [0.1, 0.15) is 5.65 Å². The van der Waals surface area contributed by atoms with Crippen LogP contribution in [0.2, 0.25) is 0 Å². The average molecular weight is 394 g/mol. The molecule has 1 saturated heterocycles. The maximum absolute atomic E-state index is 13.1. The van der Waals surface area contributed by atoms with E-state index in [1.54, 1.807) is 0 Å². The summed E-state index contributed by atoms with van der Waals surface area (Å²) >= 11 is 0. The summed E-state index contributed by atoms with van der Waals surface area (Å²) in [6.07, 6.45) is 6.99. The predicted octanol–water partition coefficient (Wildman–Crippen LogP) is 5.39. The number of urea groups is 1. The molecule has 148 valence electrons. The van der Waals surface area contributed by atoms with Crippen LogP contribution in [0.5, 0.6) is 0 Å². The van der Waals surface area contributed by atoms with Gasteiger partial charge in [-0.05, 0) is 59.9 Å². The van der Waals surface area contributed by atoms with Crippen LogP contribution in [0, 0.1) is 6.92 Å². The zero-order valence-corrected chi connectivity index (χ0v) is 16.7. The van der Waals surface area contributed by atoms with E-state index in [9.17, 15) is 4.79 Å². The van der Waals surface area contributed by atoms with Crippen molar-refractivity contribution in [1.82, 2.24) is 14.3 Å². The Bertz CT molecular complexity index is 1290. The zero-order chi connectivity index (χ0) is 20.2. The Morgan fingerprint density at radius 2 is 1.97 bits per heavy atom. The fourth-order valence-electron chi connectivity index (χ4n) is 5.03. The van der Waals surface area contributed by atoms with Crippen molar-refractivity contribution in [2.24, 2.45) is 0 Å². The number of nitrogens with zero attached hydrogens (tertiary/aromatic N) is 3. The lowest BCUT2D eigenvalue weighted by molar-refractivity contribution is 0.205. The quantitative estimate of drug-likeness (QED) is 0.496. The molecule has 2 bridgehead atoms. The third-order valence-electron chi connectivity index (χ3n) is 6.53. The minimum absolute atomic E-state index is 0.0224. The van der Waals surface area contributed by atoms with Gasteiger partial charge in [-0.1, -0.05) is 30.3 Å². The zero-order valence-electron chi connectivity index (χ0n) is 16.7. The summed E-state index contributed by atoms with van der Waals surface area (Å²) in [7, 11) is 0. The summed E-state index contributed by atoms with van der Waals surface area (Å²) in [5, 5.41) is 3.13. The highest BCUT2D eigenvalue weighted by atomic mass is 16.2. The van der Waals surface area contributed by atoms with Crippen LogP contribution in [0.1, 0.15) is 35.1 Å². The van der Waals surface area contributed by atoms with Crippen LogP contribution in [-0.4, -0.2) is 26.9 Å². The number of amides is 2. The number of aryl methyl sites for hydroxylation is 1. The molecule has 0 spiro atoms. The molecule has 1 N–H and O–H groups in total. The minimum atomic E-state index is -0.0224. The third-order valence-corrected chi connectivity index (χ3v) is 6.53. The van der Waals surface area contributed by atoms with E-state index in [-0.39, 0.29) is 12.1 Å². The molecule has 5 nitrogen and oxygen atoms in total. The predicted molar refractivity (Wildman–Crippen MR) is 118 cm³/mol. The van der Waals surface area contributed by atoms with Gasteiger partial charge in [0.25, 0.3) is 0 Å². The second kappa shape index (κ2) is 6.46. The van der Waals surface area contributed by atoms with E-state index in [4.69, 9.17) is 0 Å². The van der Waals surface area contributed by atoms with Crippen molar-refractivity contribution in [3.05, 3.63) is 89.9 Å². The van der Waals surface area contributed by atoms with Crippen molar-refractivity contribution in [3.8, 4) is 11.1 Å². The molecule has 2 aromatic carbocycles.